The largest absolute Gasteiger partial charge is 0.478 e. The molecule has 0 bridgehead atoms. The van der Waals surface area contributed by atoms with Crippen LogP contribution in [0.25, 0.3) is 11.1 Å². The van der Waals surface area contributed by atoms with E-state index in [1.165, 1.54) is 12.1 Å². The molecule has 1 aromatic heterocycles. The Balaban J connectivity index is 2.59. The summed E-state index contributed by atoms with van der Waals surface area (Å²) in [7, 11) is 0. The Hall–Kier alpha value is -1.88. The minimum atomic E-state index is -0.988. The van der Waals surface area contributed by atoms with Gasteiger partial charge in [0.05, 0.1) is 12.1 Å². The van der Waals surface area contributed by atoms with E-state index in [4.69, 9.17) is 15.3 Å². The van der Waals surface area contributed by atoms with Crippen LogP contribution >= 0.6 is 0 Å². The molecule has 3 N–H and O–H groups in total. The first-order valence-corrected chi connectivity index (χ1v) is 4.03. The second-order valence-corrected chi connectivity index (χ2v) is 2.80. The van der Waals surface area contributed by atoms with E-state index in [1.807, 2.05) is 0 Å². The van der Waals surface area contributed by atoms with Crippen molar-refractivity contribution in [2.24, 2.45) is 5.73 Å². The Labute approximate surface area is 79.2 Å². The summed E-state index contributed by atoms with van der Waals surface area (Å²) in [6.07, 6.45) is 0. The number of aromatic nitrogens is 1. The van der Waals surface area contributed by atoms with Gasteiger partial charge in [-0.1, -0.05) is 0 Å². The first kappa shape index (κ1) is 8.71. The third kappa shape index (κ3) is 1.33. The zero-order valence-electron chi connectivity index (χ0n) is 7.23. The van der Waals surface area contributed by atoms with Crippen LogP contribution in [0.4, 0.5) is 0 Å². The highest BCUT2D eigenvalue weighted by molar-refractivity contribution is 5.91. The van der Waals surface area contributed by atoms with E-state index in [9.17, 15) is 4.79 Å². The SMILES string of the molecule is NCc1nc2ccc(C(=O)O)cc2o1. The summed E-state index contributed by atoms with van der Waals surface area (Å²) in [6, 6.07) is 4.51. The number of carboxylic acid groups (broad SMARTS) is 1. The molecule has 5 heteroatoms. The van der Waals surface area contributed by atoms with Crippen LogP contribution in [0.3, 0.4) is 0 Å². The molecule has 0 unspecified atom stereocenters. The van der Waals surface area contributed by atoms with Crippen molar-refractivity contribution in [2.75, 3.05) is 0 Å². The maximum absolute atomic E-state index is 10.6. The molecule has 1 aromatic carbocycles. The number of benzene rings is 1. The predicted octanol–water partition coefficient (Wildman–Crippen LogP) is 0.985. The van der Waals surface area contributed by atoms with E-state index in [1.54, 1.807) is 6.07 Å². The second-order valence-electron chi connectivity index (χ2n) is 2.80. The Morgan fingerprint density at radius 2 is 2.36 bits per heavy atom. The molecule has 0 aliphatic heterocycles. The molecule has 0 fully saturated rings. The van der Waals surface area contributed by atoms with Gasteiger partial charge >= 0.3 is 5.97 Å². The highest BCUT2D eigenvalue weighted by Gasteiger charge is 2.08. The lowest BCUT2D eigenvalue weighted by atomic mass is 10.2. The molecule has 0 radical (unpaired) electrons. The number of nitrogens with zero attached hydrogens (tertiary/aromatic N) is 1. The summed E-state index contributed by atoms with van der Waals surface area (Å²) in [5.74, 6) is -0.583. The van der Waals surface area contributed by atoms with Crippen molar-refractivity contribution in [3.63, 3.8) is 0 Å². The standard InChI is InChI=1S/C9H8N2O3/c10-4-8-11-6-2-1-5(9(12)13)3-7(6)14-8/h1-3H,4,10H2,(H,12,13). The molecule has 0 saturated carbocycles. The molecule has 2 rings (SSSR count). The van der Waals surface area contributed by atoms with E-state index in [0.717, 1.165) is 0 Å². The van der Waals surface area contributed by atoms with Crippen LogP contribution in [-0.2, 0) is 6.54 Å². The molecule has 0 aliphatic carbocycles. The Morgan fingerprint density at radius 1 is 1.57 bits per heavy atom. The molecule has 0 atom stereocenters. The van der Waals surface area contributed by atoms with Crippen LogP contribution in [-0.4, -0.2) is 16.1 Å². The van der Waals surface area contributed by atoms with Gasteiger partial charge in [-0.15, -0.1) is 0 Å². The van der Waals surface area contributed by atoms with Crippen LogP contribution in [0.1, 0.15) is 16.2 Å². The second kappa shape index (κ2) is 3.12. The van der Waals surface area contributed by atoms with Gasteiger partial charge in [0.2, 0.25) is 5.89 Å². The van der Waals surface area contributed by atoms with Gasteiger partial charge in [0.25, 0.3) is 0 Å². The predicted molar refractivity (Wildman–Crippen MR) is 48.9 cm³/mol. The average molecular weight is 192 g/mol. The molecule has 5 nitrogen and oxygen atoms in total. The third-order valence-electron chi connectivity index (χ3n) is 1.85. The molecule has 72 valence electrons. The molecule has 1 heterocycles. The lowest BCUT2D eigenvalue weighted by molar-refractivity contribution is 0.0697. The van der Waals surface area contributed by atoms with Crippen LogP contribution in [0, 0.1) is 0 Å². The fraction of sp³-hybridized carbons (Fsp3) is 0.111. The average Bonchev–Trinajstić information content (AvgIpc) is 2.58. The van der Waals surface area contributed by atoms with Crippen LogP contribution in [0.2, 0.25) is 0 Å². The van der Waals surface area contributed by atoms with E-state index in [2.05, 4.69) is 4.98 Å². The van der Waals surface area contributed by atoms with Gasteiger partial charge in [-0.05, 0) is 18.2 Å². The summed E-state index contributed by atoms with van der Waals surface area (Å²) in [5, 5.41) is 8.72. The number of hydrogen-bond acceptors (Lipinski definition) is 4. The highest BCUT2D eigenvalue weighted by atomic mass is 16.4. The molecule has 2 aromatic rings. The molecule has 0 spiro atoms. The summed E-state index contributed by atoms with van der Waals surface area (Å²) in [5.41, 5.74) is 6.59. The number of carboxylic acids is 1. The number of nitrogens with two attached hydrogens (primary N) is 1. The number of oxazole rings is 1. The zero-order chi connectivity index (χ0) is 10.1. The van der Waals surface area contributed by atoms with Crippen LogP contribution < -0.4 is 5.73 Å². The number of carbonyl (C=O) groups is 1. The van der Waals surface area contributed by atoms with Gasteiger partial charge < -0.3 is 15.3 Å². The smallest absolute Gasteiger partial charge is 0.335 e. The minimum absolute atomic E-state index is 0.178. The molecule has 14 heavy (non-hydrogen) atoms. The topological polar surface area (TPSA) is 89.3 Å². The number of hydrogen-bond donors (Lipinski definition) is 2. The highest BCUT2D eigenvalue weighted by Crippen LogP contribution is 2.16. The molecule has 0 saturated heterocycles. The molecule has 0 aliphatic rings. The Kier molecular flexibility index (Phi) is 1.94. The fourth-order valence-electron chi connectivity index (χ4n) is 1.19. The van der Waals surface area contributed by atoms with Gasteiger partial charge in [-0.25, -0.2) is 9.78 Å². The van der Waals surface area contributed by atoms with Crippen LogP contribution in [0.15, 0.2) is 22.6 Å². The third-order valence-corrected chi connectivity index (χ3v) is 1.85. The maximum atomic E-state index is 10.6. The van der Waals surface area contributed by atoms with Crippen molar-refractivity contribution in [3.8, 4) is 0 Å². The van der Waals surface area contributed by atoms with Gasteiger partial charge in [0.1, 0.15) is 5.52 Å². The molecule has 0 amide bonds. The number of fused-ring (bicyclic) bond motifs is 1. The van der Waals surface area contributed by atoms with E-state index in [-0.39, 0.29) is 12.1 Å². The van der Waals surface area contributed by atoms with E-state index >= 15 is 0 Å². The molecular formula is C9H8N2O3. The zero-order valence-corrected chi connectivity index (χ0v) is 7.23. The minimum Gasteiger partial charge on any atom is -0.478 e. The first-order chi connectivity index (χ1) is 6.70. The maximum Gasteiger partial charge on any atom is 0.335 e. The monoisotopic (exact) mass is 192 g/mol. The lowest BCUT2D eigenvalue weighted by Crippen LogP contribution is -1.95. The molecular weight excluding hydrogens is 184 g/mol. The quantitative estimate of drug-likeness (QED) is 0.740. The summed E-state index contributed by atoms with van der Waals surface area (Å²) in [4.78, 5) is 14.7. The van der Waals surface area contributed by atoms with Crippen molar-refractivity contribution in [1.82, 2.24) is 4.98 Å². The lowest BCUT2D eigenvalue weighted by Gasteiger charge is -1.91. The van der Waals surface area contributed by atoms with Gasteiger partial charge in [-0.2, -0.15) is 0 Å². The number of aromatic carboxylic acids is 1. The van der Waals surface area contributed by atoms with Gasteiger partial charge in [-0.3, -0.25) is 0 Å². The van der Waals surface area contributed by atoms with Gasteiger partial charge in [0, 0.05) is 0 Å². The Bertz CT molecular complexity index is 490. The normalized spacial score (nSPS) is 10.6. The summed E-state index contributed by atoms with van der Waals surface area (Å²) >= 11 is 0. The van der Waals surface area contributed by atoms with Crippen molar-refractivity contribution in [2.45, 2.75) is 6.54 Å². The fourth-order valence-corrected chi connectivity index (χ4v) is 1.19. The van der Waals surface area contributed by atoms with E-state index < -0.39 is 5.97 Å². The number of rotatable bonds is 2. The summed E-state index contributed by atoms with van der Waals surface area (Å²) < 4.78 is 5.21. The first-order valence-electron chi connectivity index (χ1n) is 4.03. The summed E-state index contributed by atoms with van der Waals surface area (Å²) in [6.45, 7) is 0.205. The van der Waals surface area contributed by atoms with Crippen molar-refractivity contribution in [1.29, 1.82) is 0 Å². The van der Waals surface area contributed by atoms with Crippen LogP contribution in [0.5, 0.6) is 0 Å². The van der Waals surface area contributed by atoms with Crippen molar-refractivity contribution in [3.05, 3.63) is 29.7 Å². The van der Waals surface area contributed by atoms with Gasteiger partial charge in [0.15, 0.2) is 5.58 Å². The van der Waals surface area contributed by atoms with E-state index in [0.29, 0.717) is 17.0 Å². The van der Waals surface area contributed by atoms with Crippen molar-refractivity contribution < 1.29 is 14.3 Å². The van der Waals surface area contributed by atoms with Crippen molar-refractivity contribution >= 4 is 17.1 Å². The Morgan fingerprint density at radius 3 is 3.00 bits per heavy atom.